The van der Waals surface area contributed by atoms with Gasteiger partial charge in [-0.25, -0.2) is 4.79 Å². The largest absolute Gasteiger partial charge is 0.455 e. The number of hydrogen-bond donors (Lipinski definition) is 0. The van der Waals surface area contributed by atoms with Gasteiger partial charge in [0.25, 0.3) is 0 Å². The molecule has 0 aliphatic carbocycles. The molecule has 0 aliphatic rings. The number of rotatable bonds is 9. The maximum Gasteiger partial charge on any atom is 0.338 e. The van der Waals surface area contributed by atoms with Crippen molar-refractivity contribution in [1.82, 2.24) is 0 Å². The number of hydrogen-bond acceptors (Lipinski definition) is 2. The quantitative estimate of drug-likeness (QED) is 0.474. The first-order chi connectivity index (χ1) is 10.1. The molecular formula is C19H24O2. The van der Waals surface area contributed by atoms with Crippen LogP contribution in [-0.4, -0.2) is 12.1 Å². The van der Waals surface area contributed by atoms with Gasteiger partial charge in [-0.1, -0.05) is 49.9 Å². The molecule has 0 radical (unpaired) electrons. The normalized spacial score (nSPS) is 12.2. The molecule has 21 heavy (non-hydrogen) atoms. The van der Waals surface area contributed by atoms with Crippen LogP contribution in [0.2, 0.25) is 0 Å². The van der Waals surface area contributed by atoms with Crippen LogP contribution in [0.4, 0.5) is 0 Å². The van der Waals surface area contributed by atoms with E-state index in [9.17, 15) is 4.79 Å². The van der Waals surface area contributed by atoms with Crippen LogP contribution in [0.1, 0.15) is 36.5 Å². The summed E-state index contributed by atoms with van der Waals surface area (Å²) in [5.41, 5.74) is 0.444. The Morgan fingerprint density at radius 2 is 1.86 bits per heavy atom. The highest BCUT2D eigenvalue weighted by molar-refractivity contribution is 5.89. The summed E-state index contributed by atoms with van der Waals surface area (Å²) < 4.78 is 5.49. The van der Waals surface area contributed by atoms with Crippen molar-refractivity contribution in [3.8, 4) is 0 Å². The third-order valence-corrected chi connectivity index (χ3v) is 3.90. The van der Waals surface area contributed by atoms with E-state index < -0.39 is 0 Å². The average Bonchev–Trinajstić information content (AvgIpc) is 2.56. The second kappa shape index (κ2) is 8.25. The summed E-state index contributed by atoms with van der Waals surface area (Å²) in [4.78, 5) is 12.0. The van der Waals surface area contributed by atoms with Crippen LogP contribution in [0.5, 0.6) is 0 Å². The summed E-state index contributed by atoms with van der Waals surface area (Å²) in [6.45, 7) is 13.6. The van der Waals surface area contributed by atoms with Crippen LogP contribution < -0.4 is 0 Å². The van der Waals surface area contributed by atoms with Crippen LogP contribution in [-0.2, 0) is 4.74 Å². The van der Waals surface area contributed by atoms with Gasteiger partial charge < -0.3 is 4.74 Å². The van der Waals surface area contributed by atoms with Gasteiger partial charge in [0.2, 0.25) is 0 Å². The molecule has 0 bridgehead atoms. The molecule has 0 fully saturated rings. The van der Waals surface area contributed by atoms with Crippen LogP contribution in [0, 0.1) is 5.41 Å². The Bertz CT molecular complexity index is 480. The molecule has 2 nitrogen and oxygen atoms in total. The van der Waals surface area contributed by atoms with Gasteiger partial charge in [-0.3, -0.25) is 0 Å². The van der Waals surface area contributed by atoms with Crippen molar-refractivity contribution in [2.45, 2.75) is 32.3 Å². The van der Waals surface area contributed by atoms with Gasteiger partial charge in [0.15, 0.2) is 0 Å². The van der Waals surface area contributed by atoms with Crippen molar-refractivity contribution in [3.05, 3.63) is 73.9 Å². The summed E-state index contributed by atoms with van der Waals surface area (Å²) in [5.74, 6) is -0.320. The summed E-state index contributed by atoms with van der Waals surface area (Å²) in [6.07, 6.45) is 7.66. The zero-order valence-corrected chi connectivity index (χ0v) is 12.8. The van der Waals surface area contributed by atoms with Crippen molar-refractivity contribution in [2.24, 2.45) is 5.41 Å². The topological polar surface area (TPSA) is 26.3 Å². The van der Waals surface area contributed by atoms with Crippen molar-refractivity contribution < 1.29 is 9.53 Å². The van der Waals surface area contributed by atoms with Gasteiger partial charge in [-0.05, 0) is 31.4 Å². The fraction of sp³-hybridized carbons (Fsp3) is 0.316. The van der Waals surface area contributed by atoms with Crippen LogP contribution in [0.15, 0.2) is 68.3 Å². The number of benzene rings is 1. The first-order valence-corrected chi connectivity index (χ1v) is 7.26. The molecular weight excluding hydrogens is 260 g/mol. The summed E-state index contributed by atoms with van der Waals surface area (Å²) >= 11 is 0. The molecule has 0 heterocycles. The minimum absolute atomic E-state index is 0.111. The van der Waals surface area contributed by atoms with Gasteiger partial charge in [0, 0.05) is 5.41 Å². The third-order valence-electron chi connectivity index (χ3n) is 3.90. The number of esters is 1. The van der Waals surface area contributed by atoms with E-state index in [4.69, 9.17) is 4.74 Å². The molecule has 1 rings (SSSR count). The fourth-order valence-corrected chi connectivity index (χ4v) is 2.17. The molecule has 0 saturated heterocycles. The van der Waals surface area contributed by atoms with Gasteiger partial charge in [-0.15, -0.1) is 13.2 Å². The van der Waals surface area contributed by atoms with E-state index >= 15 is 0 Å². The SMILES string of the molecule is C=CC(CCC(C=C)(C=C)CC)OC(=O)c1ccccc1. The first-order valence-electron chi connectivity index (χ1n) is 7.26. The molecule has 0 amide bonds. The predicted octanol–water partition coefficient (Wildman–Crippen LogP) is 4.95. The zero-order chi connectivity index (χ0) is 15.7. The van der Waals surface area contributed by atoms with E-state index in [1.54, 1.807) is 18.2 Å². The molecule has 1 unspecified atom stereocenters. The van der Waals surface area contributed by atoms with Gasteiger partial charge in [-0.2, -0.15) is 0 Å². The van der Waals surface area contributed by atoms with Crippen molar-refractivity contribution in [1.29, 1.82) is 0 Å². The zero-order valence-electron chi connectivity index (χ0n) is 12.8. The lowest BCUT2D eigenvalue weighted by Crippen LogP contribution is -2.20. The third kappa shape index (κ3) is 4.75. The van der Waals surface area contributed by atoms with Gasteiger partial charge in [0.05, 0.1) is 5.56 Å². The van der Waals surface area contributed by atoms with Crippen molar-refractivity contribution in [2.75, 3.05) is 0 Å². The van der Waals surface area contributed by atoms with Gasteiger partial charge in [0.1, 0.15) is 6.10 Å². The lowest BCUT2D eigenvalue weighted by molar-refractivity contribution is 0.0366. The van der Waals surface area contributed by atoms with Crippen molar-refractivity contribution in [3.63, 3.8) is 0 Å². The Labute approximate surface area is 127 Å². The molecule has 1 atom stereocenters. The predicted molar refractivity (Wildman–Crippen MR) is 88.2 cm³/mol. The summed E-state index contributed by atoms with van der Waals surface area (Å²) in [7, 11) is 0. The second-order valence-corrected chi connectivity index (χ2v) is 5.08. The first kappa shape index (κ1) is 17.0. The lowest BCUT2D eigenvalue weighted by Gasteiger charge is -2.26. The summed E-state index contributed by atoms with van der Waals surface area (Å²) in [5, 5.41) is 0. The number of allylic oxidation sites excluding steroid dienone is 2. The molecule has 1 aromatic rings. The number of carbonyl (C=O) groups is 1. The van der Waals surface area contributed by atoms with E-state index in [0.717, 1.165) is 12.8 Å². The molecule has 1 aromatic carbocycles. The molecule has 2 heteroatoms. The highest BCUT2D eigenvalue weighted by Crippen LogP contribution is 2.31. The maximum absolute atomic E-state index is 12.0. The van der Waals surface area contributed by atoms with E-state index in [2.05, 4.69) is 26.7 Å². The molecule has 112 valence electrons. The molecule has 0 aliphatic heterocycles. The standard InChI is InChI=1S/C19H24O2/c1-5-17(14-15-19(6-2,7-3)8-4)21-18(20)16-12-10-9-11-13-16/h5-7,9-13,17H,1-3,8,14-15H2,4H3. The maximum atomic E-state index is 12.0. The Balaban J connectivity index is 2.64. The Morgan fingerprint density at radius 1 is 1.24 bits per heavy atom. The Hall–Kier alpha value is -2.09. The van der Waals surface area contributed by atoms with E-state index in [1.165, 1.54) is 0 Å². The monoisotopic (exact) mass is 284 g/mol. The fourth-order valence-electron chi connectivity index (χ4n) is 2.17. The smallest absolute Gasteiger partial charge is 0.338 e. The average molecular weight is 284 g/mol. The lowest BCUT2D eigenvalue weighted by atomic mass is 9.80. The highest BCUT2D eigenvalue weighted by atomic mass is 16.5. The van der Waals surface area contributed by atoms with E-state index in [-0.39, 0.29) is 17.5 Å². The van der Waals surface area contributed by atoms with Crippen LogP contribution in [0.3, 0.4) is 0 Å². The van der Waals surface area contributed by atoms with E-state index in [1.807, 2.05) is 30.4 Å². The van der Waals surface area contributed by atoms with Crippen molar-refractivity contribution >= 4 is 5.97 Å². The van der Waals surface area contributed by atoms with Crippen LogP contribution >= 0.6 is 0 Å². The Kier molecular flexibility index (Phi) is 6.67. The number of ether oxygens (including phenoxy) is 1. The molecule has 0 saturated carbocycles. The summed E-state index contributed by atoms with van der Waals surface area (Å²) in [6, 6.07) is 8.98. The van der Waals surface area contributed by atoms with Crippen LogP contribution in [0.25, 0.3) is 0 Å². The minimum Gasteiger partial charge on any atom is -0.455 e. The van der Waals surface area contributed by atoms with E-state index in [0.29, 0.717) is 12.0 Å². The highest BCUT2D eigenvalue weighted by Gasteiger charge is 2.22. The molecule has 0 N–H and O–H groups in total. The minimum atomic E-state index is -0.320. The number of carbonyl (C=O) groups excluding carboxylic acids is 1. The van der Waals surface area contributed by atoms with Gasteiger partial charge >= 0.3 is 5.97 Å². The Morgan fingerprint density at radius 3 is 2.33 bits per heavy atom. The molecule has 0 aromatic heterocycles. The second-order valence-electron chi connectivity index (χ2n) is 5.08. The molecule has 0 spiro atoms.